The van der Waals surface area contributed by atoms with Crippen LogP contribution >= 0.6 is 0 Å². The minimum Gasteiger partial charge on any atom is -0.298 e. The molecule has 1 nitrogen and oxygen atoms in total. The molecule has 0 aliphatic heterocycles. The van der Waals surface area contributed by atoms with E-state index in [0.29, 0.717) is 6.07 Å². The van der Waals surface area contributed by atoms with Gasteiger partial charge in [-0.1, -0.05) is 6.07 Å². The van der Waals surface area contributed by atoms with E-state index in [0.717, 1.165) is 12.1 Å². The van der Waals surface area contributed by atoms with Crippen molar-refractivity contribution in [3.05, 3.63) is 41.2 Å². The summed E-state index contributed by atoms with van der Waals surface area (Å²) in [6.45, 7) is 0. The van der Waals surface area contributed by atoms with E-state index in [-0.39, 0.29) is 11.8 Å². The second-order valence-corrected chi connectivity index (χ2v) is 2.43. The quantitative estimate of drug-likeness (QED) is 0.534. The maximum absolute atomic E-state index is 12.8. The molecular formula is C9H4F4O. The Hall–Kier alpha value is -1.65. The van der Waals surface area contributed by atoms with Crippen molar-refractivity contribution in [2.45, 2.75) is 0 Å². The van der Waals surface area contributed by atoms with E-state index >= 15 is 0 Å². The Morgan fingerprint density at radius 1 is 1.21 bits per heavy atom. The highest BCUT2D eigenvalue weighted by Gasteiger charge is 2.10. The van der Waals surface area contributed by atoms with Crippen LogP contribution in [0.4, 0.5) is 17.6 Å². The van der Waals surface area contributed by atoms with E-state index in [1.807, 2.05) is 0 Å². The summed E-state index contributed by atoms with van der Waals surface area (Å²) in [7, 11) is 0. The molecule has 0 spiro atoms. The lowest BCUT2D eigenvalue weighted by Gasteiger charge is -1.98. The van der Waals surface area contributed by atoms with Crippen molar-refractivity contribution in [3.63, 3.8) is 0 Å². The fraction of sp³-hybridized carbons (Fsp3) is 0. The molecule has 0 aromatic heterocycles. The lowest BCUT2D eigenvalue weighted by Crippen LogP contribution is -1.89. The normalized spacial score (nSPS) is 9.71. The maximum Gasteiger partial charge on any atom is 0.306 e. The van der Waals surface area contributed by atoms with Crippen LogP contribution in [0.1, 0.15) is 15.9 Å². The van der Waals surface area contributed by atoms with Gasteiger partial charge in [0.05, 0.1) is 5.56 Å². The number of hydrogen-bond donors (Lipinski definition) is 0. The van der Waals surface area contributed by atoms with Crippen molar-refractivity contribution in [1.29, 1.82) is 0 Å². The van der Waals surface area contributed by atoms with E-state index < -0.39 is 23.3 Å². The number of carbonyl (C=O) groups is 1. The average molecular weight is 204 g/mol. The minimum atomic E-state index is -2.52. The van der Waals surface area contributed by atoms with Crippen molar-refractivity contribution in [2.24, 2.45) is 0 Å². The molecule has 0 heterocycles. The van der Waals surface area contributed by atoms with Gasteiger partial charge in [-0.15, -0.1) is 0 Å². The summed E-state index contributed by atoms with van der Waals surface area (Å²) in [6.07, 6.45) is -2.31. The molecule has 0 aliphatic rings. The molecule has 74 valence electrons. The zero-order valence-corrected chi connectivity index (χ0v) is 6.73. The van der Waals surface area contributed by atoms with Gasteiger partial charge in [0.25, 0.3) is 0 Å². The number of benzene rings is 1. The van der Waals surface area contributed by atoms with Crippen LogP contribution in [0.15, 0.2) is 24.3 Å². The lowest BCUT2D eigenvalue weighted by molar-refractivity contribution is 0.112. The van der Waals surface area contributed by atoms with Gasteiger partial charge in [0.2, 0.25) is 0 Å². The van der Waals surface area contributed by atoms with Gasteiger partial charge >= 0.3 is 6.08 Å². The second-order valence-electron chi connectivity index (χ2n) is 2.43. The smallest absolute Gasteiger partial charge is 0.298 e. The molecule has 0 saturated carbocycles. The van der Waals surface area contributed by atoms with Crippen molar-refractivity contribution in [1.82, 2.24) is 0 Å². The molecule has 0 radical (unpaired) electrons. The molecule has 14 heavy (non-hydrogen) atoms. The average Bonchev–Trinajstić information content (AvgIpc) is 2.16. The molecule has 0 N–H and O–H groups in total. The van der Waals surface area contributed by atoms with Crippen LogP contribution in [-0.2, 0) is 0 Å². The fourth-order valence-electron chi connectivity index (χ4n) is 0.868. The summed E-state index contributed by atoms with van der Waals surface area (Å²) < 4.78 is 48.8. The SMILES string of the molecule is O=Cc1ccc(C(F)=C(F)F)cc1F. The van der Waals surface area contributed by atoms with Gasteiger partial charge in [-0.2, -0.15) is 8.78 Å². The zero-order chi connectivity index (χ0) is 10.7. The highest BCUT2D eigenvalue weighted by atomic mass is 19.3. The Bertz CT molecular complexity index is 394. The van der Waals surface area contributed by atoms with Crippen LogP contribution in [-0.4, -0.2) is 6.29 Å². The molecule has 0 bridgehead atoms. The van der Waals surface area contributed by atoms with Crippen LogP contribution < -0.4 is 0 Å². The van der Waals surface area contributed by atoms with Crippen molar-refractivity contribution >= 4 is 12.1 Å². The highest BCUT2D eigenvalue weighted by Crippen LogP contribution is 2.23. The van der Waals surface area contributed by atoms with E-state index in [1.165, 1.54) is 0 Å². The summed E-state index contributed by atoms with van der Waals surface area (Å²) in [5.41, 5.74) is -0.895. The molecule has 0 amide bonds. The van der Waals surface area contributed by atoms with E-state index in [9.17, 15) is 22.4 Å². The predicted octanol–water partition coefficient (Wildman–Crippen LogP) is 3.17. The molecule has 0 aliphatic carbocycles. The molecule has 1 rings (SSSR count). The van der Waals surface area contributed by atoms with Gasteiger partial charge in [-0.05, 0) is 12.1 Å². The standard InChI is InChI=1S/C9H4F4O/c10-7-3-5(8(11)9(12)13)1-2-6(7)4-14/h1-4H. The first kappa shape index (κ1) is 10.4. The van der Waals surface area contributed by atoms with Gasteiger partial charge in [-0.25, -0.2) is 8.78 Å². The monoisotopic (exact) mass is 204 g/mol. The third-order valence-electron chi connectivity index (χ3n) is 1.55. The predicted molar refractivity (Wildman–Crippen MR) is 42.0 cm³/mol. The molecule has 0 atom stereocenters. The number of halogens is 4. The zero-order valence-electron chi connectivity index (χ0n) is 6.73. The van der Waals surface area contributed by atoms with Crippen LogP contribution in [0.5, 0.6) is 0 Å². The van der Waals surface area contributed by atoms with Crippen LogP contribution in [0, 0.1) is 5.82 Å². The first-order valence-electron chi connectivity index (χ1n) is 3.52. The lowest BCUT2D eigenvalue weighted by atomic mass is 10.1. The Morgan fingerprint density at radius 2 is 1.86 bits per heavy atom. The number of hydrogen-bond acceptors (Lipinski definition) is 1. The van der Waals surface area contributed by atoms with Gasteiger partial charge < -0.3 is 0 Å². The van der Waals surface area contributed by atoms with E-state index in [1.54, 1.807) is 0 Å². The summed E-state index contributed by atoms with van der Waals surface area (Å²) in [5.74, 6) is -2.82. The molecule has 0 saturated heterocycles. The molecule has 5 heteroatoms. The Labute approximate surface area is 76.7 Å². The number of carbonyl (C=O) groups excluding carboxylic acids is 1. The Kier molecular flexibility index (Phi) is 3.01. The Balaban J connectivity index is 3.22. The van der Waals surface area contributed by atoms with Gasteiger partial charge in [0.15, 0.2) is 12.1 Å². The van der Waals surface area contributed by atoms with Gasteiger partial charge in [0, 0.05) is 5.56 Å². The molecule has 0 unspecified atom stereocenters. The number of aldehydes is 1. The minimum absolute atomic E-state index is 0.215. The summed E-state index contributed by atoms with van der Waals surface area (Å²) in [5, 5.41) is 0. The first-order valence-corrected chi connectivity index (χ1v) is 3.52. The van der Waals surface area contributed by atoms with Crippen LogP contribution in [0.25, 0.3) is 5.83 Å². The summed E-state index contributed by atoms with van der Waals surface area (Å²) in [4.78, 5) is 10.1. The van der Waals surface area contributed by atoms with Gasteiger partial charge in [0.1, 0.15) is 5.82 Å². The first-order chi connectivity index (χ1) is 6.56. The molecular weight excluding hydrogens is 200 g/mol. The summed E-state index contributed by atoms with van der Waals surface area (Å²) >= 11 is 0. The maximum atomic E-state index is 12.8. The van der Waals surface area contributed by atoms with Crippen LogP contribution in [0.2, 0.25) is 0 Å². The largest absolute Gasteiger partial charge is 0.306 e. The molecule has 0 fully saturated rings. The second kappa shape index (κ2) is 4.04. The third-order valence-corrected chi connectivity index (χ3v) is 1.55. The highest BCUT2D eigenvalue weighted by molar-refractivity contribution is 5.76. The van der Waals surface area contributed by atoms with Crippen molar-refractivity contribution < 1.29 is 22.4 Å². The van der Waals surface area contributed by atoms with E-state index in [4.69, 9.17) is 0 Å². The van der Waals surface area contributed by atoms with Crippen molar-refractivity contribution in [2.75, 3.05) is 0 Å². The number of rotatable bonds is 2. The van der Waals surface area contributed by atoms with Gasteiger partial charge in [-0.3, -0.25) is 4.79 Å². The Morgan fingerprint density at radius 3 is 2.29 bits per heavy atom. The summed E-state index contributed by atoms with van der Waals surface area (Å²) in [6, 6.07) is 2.37. The van der Waals surface area contributed by atoms with Crippen LogP contribution in [0.3, 0.4) is 0 Å². The molecule has 1 aromatic rings. The third kappa shape index (κ3) is 1.99. The van der Waals surface area contributed by atoms with E-state index in [2.05, 4.69) is 0 Å². The molecule has 1 aromatic carbocycles. The van der Waals surface area contributed by atoms with Crippen molar-refractivity contribution in [3.8, 4) is 0 Å². The fourth-order valence-corrected chi connectivity index (χ4v) is 0.868. The topological polar surface area (TPSA) is 17.1 Å².